The zero-order chi connectivity index (χ0) is 25.5. The summed E-state index contributed by atoms with van der Waals surface area (Å²) in [6.45, 7) is 4.20. The van der Waals surface area contributed by atoms with Crippen LogP contribution in [0.5, 0.6) is 0 Å². The molecule has 13 heteroatoms. The monoisotopic (exact) mass is 512 g/mol. The van der Waals surface area contributed by atoms with Crippen LogP contribution in [-0.4, -0.2) is 92.5 Å². The Bertz CT molecular complexity index is 1100. The summed E-state index contributed by atoms with van der Waals surface area (Å²) in [5.74, 6) is -1.51. The summed E-state index contributed by atoms with van der Waals surface area (Å²) in [6, 6.07) is 6.13. The molecule has 3 saturated heterocycles. The van der Waals surface area contributed by atoms with Crippen molar-refractivity contribution in [2.45, 2.75) is 57.0 Å². The Morgan fingerprint density at radius 3 is 2.46 bits per heavy atom. The number of carbonyl (C=O) groups excluding carboxylic acids is 3. The van der Waals surface area contributed by atoms with Gasteiger partial charge in [-0.1, -0.05) is 30.3 Å². The van der Waals surface area contributed by atoms with E-state index in [4.69, 9.17) is 23.1 Å². The van der Waals surface area contributed by atoms with Crippen molar-refractivity contribution < 1.29 is 45.9 Å². The summed E-state index contributed by atoms with van der Waals surface area (Å²) < 4.78 is 50.6. The predicted molar refractivity (Wildman–Crippen MR) is 118 cm³/mol. The number of hydrogen-bond donors (Lipinski definition) is 0. The Kier molecular flexibility index (Phi) is 6.79. The van der Waals surface area contributed by atoms with Crippen LogP contribution < -0.4 is 0 Å². The molecule has 0 spiro atoms. The minimum absolute atomic E-state index is 0.00233. The SMILES string of the molecule is CCOC(=O)C1(N2C(=O)[C@@H](N3C(=O)OC[C@@H]3c3ccccc3)[C@H]2COS(C)(=O)=O)OC(C)OC1C. The van der Waals surface area contributed by atoms with Crippen molar-refractivity contribution in [1.29, 1.82) is 0 Å². The van der Waals surface area contributed by atoms with Gasteiger partial charge in [0.1, 0.15) is 18.8 Å². The number of rotatable bonds is 8. The maximum Gasteiger partial charge on any atom is 0.411 e. The highest BCUT2D eigenvalue weighted by molar-refractivity contribution is 7.85. The molecule has 2 amide bonds. The van der Waals surface area contributed by atoms with E-state index in [1.54, 1.807) is 45.0 Å². The summed E-state index contributed by atoms with van der Waals surface area (Å²) in [6.07, 6.45) is -1.68. The Morgan fingerprint density at radius 2 is 1.89 bits per heavy atom. The summed E-state index contributed by atoms with van der Waals surface area (Å²) in [7, 11) is -3.92. The first-order valence-electron chi connectivity index (χ1n) is 11.2. The number of β-lactam (4-membered cyclic amide) rings is 1. The number of esters is 1. The number of cyclic esters (lactones) is 1. The van der Waals surface area contributed by atoms with E-state index in [1.165, 1.54) is 4.90 Å². The fourth-order valence-electron chi connectivity index (χ4n) is 4.83. The van der Waals surface area contributed by atoms with Gasteiger partial charge in [0.25, 0.3) is 21.8 Å². The molecular formula is C22H28N2O10S. The first-order chi connectivity index (χ1) is 16.5. The first-order valence-corrected chi connectivity index (χ1v) is 13.0. The van der Waals surface area contributed by atoms with Crippen LogP contribution in [0.1, 0.15) is 32.4 Å². The van der Waals surface area contributed by atoms with Crippen molar-refractivity contribution >= 4 is 28.1 Å². The number of likely N-dealkylation sites (tertiary alicyclic amines) is 1. The topological polar surface area (TPSA) is 138 Å². The molecule has 0 radical (unpaired) electrons. The van der Waals surface area contributed by atoms with E-state index in [9.17, 15) is 22.8 Å². The highest BCUT2D eigenvalue weighted by Crippen LogP contribution is 2.45. The second kappa shape index (κ2) is 9.37. The third kappa shape index (κ3) is 4.37. The lowest BCUT2D eigenvalue weighted by molar-refractivity contribution is -0.231. The smallest absolute Gasteiger partial charge is 0.411 e. The molecule has 1 aromatic carbocycles. The molecule has 3 fully saturated rings. The second-order valence-corrected chi connectivity index (χ2v) is 10.1. The van der Waals surface area contributed by atoms with Gasteiger partial charge in [0, 0.05) is 0 Å². The Morgan fingerprint density at radius 1 is 1.20 bits per heavy atom. The molecule has 0 bridgehead atoms. The summed E-state index contributed by atoms with van der Waals surface area (Å²) in [5.41, 5.74) is -1.25. The number of ether oxygens (including phenoxy) is 4. The standard InChI is InChI=1S/C22H28N2O10S/c1-5-30-20(26)22(13(2)33-14(3)34-22)24-17(12-32-35(4,28)29)18(19(24)25)23-16(11-31-21(23)27)15-9-7-6-8-10-15/h6-10,13-14,16-18H,5,11-12H2,1-4H3/t13?,14?,16-,17-,18+,22?/m1/s1. The third-order valence-corrected chi connectivity index (χ3v) is 6.82. The summed E-state index contributed by atoms with van der Waals surface area (Å²) in [5, 5.41) is 0. The van der Waals surface area contributed by atoms with Crippen LogP contribution in [0.15, 0.2) is 30.3 Å². The lowest BCUT2D eigenvalue weighted by Crippen LogP contribution is -2.81. The second-order valence-electron chi connectivity index (χ2n) is 8.50. The van der Waals surface area contributed by atoms with Crippen molar-refractivity contribution in [3.8, 4) is 0 Å². The molecule has 12 nitrogen and oxygen atoms in total. The largest absolute Gasteiger partial charge is 0.462 e. The van der Waals surface area contributed by atoms with E-state index in [1.807, 2.05) is 6.07 Å². The molecule has 0 N–H and O–H groups in total. The maximum atomic E-state index is 13.7. The van der Waals surface area contributed by atoms with Gasteiger partial charge in [-0.3, -0.25) is 18.8 Å². The average Bonchev–Trinajstić information content (AvgIpc) is 3.30. The minimum Gasteiger partial charge on any atom is -0.462 e. The van der Waals surface area contributed by atoms with Gasteiger partial charge in [0.2, 0.25) is 0 Å². The van der Waals surface area contributed by atoms with Crippen LogP contribution in [0.25, 0.3) is 0 Å². The number of carbonyl (C=O) groups is 3. The highest BCUT2D eigenvalue weighted by atomic mass is 32.2. The van der Waals surface area contributed by atoms with Gasteiger partial charge in [-0.05, 0) is 26.3 Å². The van der Waals surface area contributed by atoms with E-state index >= 15 is 0 Å². The molecule has 192 valence electrons. The van der Waals surface area contributed by atoms with Crippen LogP contribution in [0.3, 0.4) is 0 Å². The van der Waals surface area contributed by atoms with Gasteiger partial charge < -0.3 is 18.9 Å². The molecule has 1 aromatic rings. The van der Waals surface area contributed by atoms with Gasteiger partial charge in [0.05, 0.1) is 31.6 Å². The molecule has 4 rings (SSSR count). The van der Waals surface area contributed by atoms with Crippen LogP contribution in [0.4, 0.5) is 4.79 Å². The lowest BCUT2D eigenvalue weighted by atomic mass is 9.87. The zero-order valence-electron chi connectivity index (χ0n) is 19.8. The zero-order valence-corrected chi connectivity index (χ0v) is 20.6. The molecule has 3 unspecified atom stereocenters. The van der Waals surface area contributed by atoms with Crippen LogP contribution in [-0.2, 0) is 42.8 Å². The number of amides is 2. The number of benzene rings is 1. The quantitative estimate of drug-likeness (QED) is 0.279. The first kappa shape index (κ1) is 25.4. The van der Waals surface area contributed by atoms with Gasteiger partial charge in [-0.25, -0.2) is 9.59 Å². The molecule has 3 heterocycles. The van der Waals surface area contributed by atoms with E-state index in [2.05, 4.69) is 0 Å². The molecule has 0 saturated carbocycles. The molecule has 3 aliphatic rings. The van der Waals surface area contributed by atoms with E-state index in [-0.39, 0.29) is 13.2 Å². The maximum absolute atomic E-state index is 13.7. The number of hydrogen-bond acceptors (Lipinski definition) is 10. The minimum atomic E-state index is -3.92. The van der Waals surface area contributed by atoms with E-state index in [0.29, 0.717) is 0 Å². The van der Waals surface area contributed by atoms with Gasteiger partial charge in [-0.15, -0.1) is 0 Å². The van der Waals surface area contributed by atoms with Crippen LogP contribution in [0.2, 0.25) is 0 Å². The van der Waals surface area contributed by atoms with Crippen molar-refractivity contribution in [3.05, 3.63) is 35.9 Å². The van der Waals surface area contributed by atoms with Gasteiger partial charge in [0.15, 0.2) is 6.29 Å². The van der Waals surface area contributed by atoms with E-state index < -0.39 is 70.9 Å². The van der Waals surface area contributed by atoms with Gasteiger partial charge in [-0.2, -0.15) is 8.42 Å². The third-order valence-electron chi connectivity index (χ3n) is 6.25. The van der Waals surface area contributed by atoms with Crippen LogP contribution >= 0.6 is 0 Å². The normalized spacial score (nSPS) is 33.0. The van der Waals surface area contributed by atoms with Gasteiger partial charge >= 0.3 is 12.1 Å². The van der Waals surface area contributed by atoms with Crippen molar-refractivity contribution in [3.63, 3.8) is 0 Å². The Hall–Kier alpha value is -2.74. The highest BCUT2D eigenvalue weighted by Gasteiger charge is 2.70. The van der Waals surface area contributed by atoms with E-state index in [0.717, 1.165) is 16.7 Å². The molecule has 0 aromatic heterocycles. The average molecular weight is 513 g/mol. The molecule has 35 heavy (non-hydrogen) atoms. The Balaban J connectivity index is 1.74. The van der Waals surface area contributed by atoms with Crippen molar-refractivity contribution in [2.24, 2.45) is 0 Å². The number of nitrogens with zero attached hydrogens (tertiary/aromatic N) is 2. The summed E-state index contributed by atoms with van der Waals surface area (Å²) >= 11 is 0. The Labute approximate surface area is 203 Å². The predicted octanol–water partition coefficient (Wildman–Crippen LogP) is 0.776. The fraction of sp³-hybridized carbons (Fsp3) is 0.591. The molecule has 3 aliphatic heterocycles. The van der Waals surface area contributed by atoms with Crippen molar-refractivity contribution in [1.82, 2.24) is 9.80 Å². The lowest BCUT2D eigenvalue weighted by Gasteiger charge is -2.55. The van der Waals surface area contributed by atoms with Crippen molar-refractivity contribution in [2.75, 3.05) is 26.1 Å². The molecule has 0 aliphatic carbocycles. The summed E-state index contributed by atoms with van der Waals surface area (Å²) in [4.78, 5) is 41.9. The fourth-order valence-corrected chi connectivity index (χ4v) is 5.22. The molecule has 6 atom stereocenters. The van der Waals surface area contributed by atoms with Crippen LogP contribution in [0, 0.1) is 0 Å². The molecular weight excluding hydrogens is 484 g/mol.